The van der Waals surface area contributed by atoms with E-state index in [0.29, 0.717) is 12.3 Å². The Morgan fingerprint density at radius 3 is 2.63 bits per heavy atom. The van der Waals surface area contributed by atoms with E-state index in [-0.39, 0.29) is 11.7 Å². The molecule has 0 saturated heterocycles. The van der Waals surface area contributed by atoms with Crippen molar-refractivity contribution in [2.45, 2.75) is 13.5 Å². The van der Waals surface area contributed by atoms with E-state index in [1.807, 2.05) is 0 Å². The van der Waals surface area contributed by atoms with Gasteiger partial charge in [-0.05, 0) is 18.6 Å². The summed E-state index contributed by atoms with van der Waals surface area (Å²) >= 11 is 0. The molecule has 0 fully saturated rings. The molecule has 2 N–H and O–H groups in total. The van der Waals surface area contributed by atoms with Crippen LogP contribution in [0, 0.1) is 17.0 Å². The Balaban J connectivity index is 2.26. The van der Waals surface area contributed by atoms with Crippen molar-refractivity contribution < 1.29 is 9.66 Å². The molecule has 0 aliphatic rings. The van der Waals surface area contributed by atoms with Crippen molar-refractivity contribution in [2.24, 2.45) is 5.73 Å². The third-order valence-corrected chi connectivity index (χ3v) is 2.50. The molecular formula is C12H12N4O3. The second-order valence-corrected chi connectivity index (χ2v) is 3.89. The summed E-state index contributed by atoms with van der Waals surface area (Å²) in [6, 6.07) is 4.50. The first-order chi connectivity index (χ1) is 9.10. The molecule has 0 aliphatic heterocycles. The number of hydrogen-bond donors (Lipinski definition) is 1. The molecule has 1 aromatic carbocycles. The molecule has 0 aliphatic carbocycles. The fourth-order valence-corrected chi connectivity index (χ4v) is 1.41. The first-order valence-electron chi connectivity index (χ1n) is 5.54. The first-order valence-corrected chi connectivity index (χ1v) is 5.54. The highest BCUT2D eigenvalue weighted by Gasteiger charge is 2.11. The van der Waals surface area contributed by atoms with Crippen LogP contribution in [0.2, 0.25) is 0 Å². The van der Waals surface area contributed by atoms with Gasteiger partial charge in [0, 0.05) is 30.6 Å². The average molecular weight is 260 g/mol. The van der Waals surface area contributed by atoms with Gasteiger partial charge in [-0.2, -0.15) is 0 Å². The van der Waals surface area contributed by atoms with E-state index in [0.717, 1.165) is 11.1 Å². The van der Waals surface area contributed by atoms with Gasteiger partial charge >= 0.3 is 6.01 Å². The summed E-state index contributed by atoms with van der Waals surface area (Å²) in [5.74, 6) is 0.356. The SMILES string of the molecule is Cc1ccc([N+](=O)[O-])cc1Oc1ncc(CN)cn1. The zero-order valence-corrected chi connectivity index (χ0v) is 10.2. The summed E-state index contributed by atoms with van der Waals surface area (Å²) in [5, 5.41) is 10.7. The maximum Gasteiger partial charge on any atom is 0.321 e. The molecule has 2 aromatic rings. The normalized spacial score (nSPS) is 10.2. The molecule has 0 saturated carbocycles. The standard InChI is InChI=1S/C12H12N4O3/c1-8-2-3-10(16(17)18)4-11(8)19-12-14-6-9(5-13)7-15-12/h2-4,6-7H,5,13H2,1H3. The van der Waals surface area contributed by atoms with Crippen LogP contribution in [0.4, 0.5) is 5.69 Å². The molecule has 7 nitrogen and oxygen atoms in total. The van der Waals surface area contributed by atoms with Crippen molar-refractivity contribution in [3.8, 4) is 11.8 Å². The fraction of sp³-hybridized carbons (Fsp3) is 0.167. The van der Waals surface area contributed by atoms with Crippen LogP contribution in [0.3, 0.4) is 0 Å². The van der Waals surface area contributed by atoms with Gasteiger partial charge in [0.1, 0.15) is 5.75 Å². The smallest absolute Gasteiger partial charge is 0.321 e. The van der Waals surface area contributed by atoms with E-state index in [2.05, 4.69) is 9.97 Å². The Kier molecular flexibility index (Phi) is 3.67. The first kappa shape index (κ1) is 12.9. The van der Waals surface area contributed by atoms with Gasteiger partial charge in [-0.15, -0.1) is 0 Å². The highest BCUT2D eigenvalue weighted by Crippen LogP contribution is 2.27. The molecule has 0 bridgehead atoms. The molecule has 1 aromatic heterocycles. The maximum absolute atomic E-state index is 10.7. The van der Waals surface area contributed by atoms with Crippen LogP contribution in [0.5, 0.6) is 11.8 Å². The molecule has 98 valence electrons. The van der Waals surface area contributed by atoms with Gasteiger partial charge in [0.2, 0.25) is 0 Å². The number of benzene rings is 1. The van der Waals surface area contributed by atoms with Crippen LogP contribution in [0.25, 0.3) is 0 Å². The van der Waals surface area contributed by atoms with E-state index in [1.165, 1.54) is 12.1 Å². The number of nitro groups is 1. The van der Waals surface area contributed by atoms with Gasteiger partial charge in [0.25, 0.3) is 5.69 Å². The largest absolute Gasteiger partial charge is 0.424 e. The summed E-state index contributed by atoms with van der Waals surface area (Å²) in [6.07, 6.45) is 3.10. The summed E-state index contributed by atoms with van der Waals surface area (Å²) in [5.41, 5.74) is 6.93. The summed E-state index contributed by atoms with van der Waals surface area (Å²) in [4.78, 5) is 18.2. The topological polar surface area (TPSA) is 104 Å². The Morgan fingerprint density at radius 2 is 2.05 bits per heavy atom. The number of nitrogens with zero attached hydrogens (tertiary/aromatic N) is 3. The van der Waals surface area contributed by atoms with Gasteiger partial charge in [0.15, 0.2) is 0 Å². The van der Waals surface area contributed by atoms with E-state index in [9.17, 15) is 10.1 Å². The number of nitro benzene ring substituents is 1. The Hall–Kier alpha value is -2.54. The molecule has 19 heavy (non-hydrogen) atoms. The van der Waals surface area contributed by atoms with E-state index in [4.69, 9.17) is 10.5 Å². The van der Waals surface area contributed by atoms with Crippen molar-refractivity contribution >= 4 is 5.69 Å². The molecule has 7 heteroatoms. The molecule has 0 spiro atoms. The number of aryl methyl sites for hydroxylation is 1. The van der Waals surface area contributed by atoms with Crippen LogP contribution >= 0.6 is 0 Å². The number of non-ortho nitro benzene ring substituents is 1. The minimum Gasteiger partial charge on any atom is -0.424 e. The fourth-order valence-electron chi connectivity index (χ4n) is 1.41. The van der Waals surface area contributed by atoms with E-state index < -0.39 is 4.92 Å². The molecule has 1 heterocycles. The Labute approximate surface area is 109 Å². The van der Waals surface area contributed by atoms with E-state index >= 15 is 0 Å². The second-order valence-electron chi connectivity index (χ2n) is 3.89. The number of rotatable bonds is 4. The number of aromatic nitrogens is 2. The monoisotopic (exact) mass is 260 g/mol. The highest BCUT2D eigenvalue weighted by atomic mass is 16.6. The zero-order chi connectivity index (χ0) is 13.8. The molecule has 0 amide bonds. The molecule has 0 unspecified atom stereocenters. The molecular weight excluding hydrogens is 248 g/mol. The summed E-state index contributed by atoms with van der Waals surface area (Å²) in [7, 11) is 0. The average Bonchev–Trinajstić information content (AvgIpc) is 2.42. The number of ether oxygens (including phenoxy) is 1. The van der Waals surface area contributed by atoms with Crippen LogP contribution in [-0.2, 0) is 6.54 Å². The van der Waals surface area contributed by atoms with Crippen LogP contribution in [0.15, 0.2) is 30.6 Å². The van der Waals surface area contributed by atoms with Crippen molar-refractivity contribution in [3.63, 3.8) is 0 Å². The lowest BCUT2D eigenvalue weighted by atomic mass is 10.2. The number of hydrogen-bond acceptors (Lipinski definition) is 6. The third kappa shape index (κ3) is 3.02. The quantitative estimate of drug-likeness (QED) is 0.665. The minimum atomic E-state index is -0.481. The summed E-state index contributed by atoms with van der Waals surface area (Å²) in [6.45, 7) is 2.13. The number of nitrogens with two attached hydrogens (primary N) is 1. The zero-order valence-electron chi connectivity index (χ0n) is 10.2. The van der Waals surface area contributed by atoms with Crippen molar-refractivity contribution in [1.29, 1.82) is 0 Å². The second kappa shape index (κ2) is 5.40. The molecule has 2 rings (SSSR count). The van der Waals surface area contributed by atoms with Gasteiger partial charge in [-0.1, -0.05) is 0 Å². The van der Waals surface area contributed by atoms with Crippen LogP contribution < -0.4 is 10.5 Å². The minimum absolute atomic E-state index is 0.0424. The van der Waals surface area contributed by atoms with Crippen LogP contribution in [-0.4, -0.2) is 14.9 Å². The maximum atomic E-state index is 10.7. The summed E-state index contributed by atoms with van der Waals surface area (Å²) < 4.78 is 5.43. The van der Waals surface area contributed by atoms with Crippen molar-refractivity contribution in [1.82, 2.24) is 9.97 Å². The highest BCUT2D eigenvalue weighted by molar-refractivity contribution is 5.44. The third-order valence-electron chi connectivity index (χ3n) is 2.50. The molecule has 0 atom stereocenters. The predicted molar refractivity (Wildman–Crippen MR) is 67.8 cm³/mol. The van der Waals surface area contributed by atoms with Gasteiger partial charge in [0.05, 0.1) is 11.0 Å². The van der Waals surface area contributed by atoms with Crippen LogP contribution in [0.1, 0.15) is 11.1 Å². The van der Waals surface area contributed by atoms with Gasteiger partial charge in [-0.3, -0.25) is 10.1 Å². The Morgan fingerprint density at radius 1 is 1.37 bits per heavy atom. The van der Waals surface area contributed by atoms with Crippen molar-refractivity contribution in [3.05, 3.63) is 51.8 Å². The lowest BCUT2D eigenvalue weighted by Crippen LogP contribution is -2.00. The van der Waals surface area contributed by atoms with Crippen molar-refractivity contribution in [2.75, 3.05) is 0 Å². The lowest BCUT2D eigenvalue weighted by molar-refractivity contribution is -0.384. The van der Waals surface area contributed by atoms with Gasteiger partial charge < -0.3 is 10.5 Å². The lowest BCUT2D eigenvalue weighted by Gasteiger charge is -2.06. The van der Waals surface area contributed by atoms with Gasteiger partial charge in [-0.25, -0.2) is 9.97 Å². The molecule has 0 radical (unpaired) electrons. The predicted octanol–water partition coefficient (Wildman–Crippen LogP) is 1.94. The Bertz CT molecular complexity index is 598. The van der Waals surface area contributed by atoms with E-state index in [1.54, 1.807) is 25.4 Å².